The fraction of sp³-hybridized carbons (Fsp3) is 0.400. The van der Waals surface area contributed by atoms with Crippen LogP contribution in [0.1, 0.15) is 30.8 Å². The first-order chi connectivity index (χ1) is 10.2. The molecule has 21 heavy (non-hydrogen) atoms. The van der Waals surface area contributed by atoms with Gasteiger partial charge in [-0.3, -0.25) is 9.78 Å². The first-order valence-electron chi connectivity index (χ1n) is 6.99. The van der Waals surface area contributed by atoms with Crippen molar-refractivity contribution < 1.29 is 9.53 Å². The Labute approximate surface area is 128 Å². The highest BCUT2D eigenvalue weighted by Crippen LogP contribution is 2.17. The summed E-state index contributed by atoms with van der Waals surface area (Å²) in [6, 6.07) is 4.03. The number of anilines is 1. The number of aromatic nitrogens is 2. The number of nitrogens with zero attached hydrogens (tertiary/aromatic N) is 2. The molecular formula is C15H19N3O2S. The van der Waals surface area contributed by atoms with E-state index >= 15 is 0 Å². The maximum Gasteiger partial charge on any atom is 0.311 e. The van der Waals surface area contributed by atoms with Crippen LogP contribution in [0.15, 0.2) is 23.7 Å². The van der Waals surface area contributed by atoms with Gasteiger partial charge in [0.25, 0.3) is 0 Å². The maximum absolute atomic E-state index is 11.4. The molecule has 0 bridgehead atoms. The van der Waals surface area contributed by atoms with Crippen molar-refractivity contribution in [1.29, 1.82) is 0 Å². The Kier molecular flexibility index (Phi) is 5.68. The Hall–Kier alpha value is -1.95. The molecule has 0 radical (unpaired) electrons. The second-order valence-electron chi connectivity index (χ2n) is 4.44. The second kappa shape index (κ2) is 7.73. The summed E-state index contributed by atoms with van der Waals surface area (Å²) in [6.07, 6.45) is 2.97. The monoisotopic (exact) mass is 305 g/mol. The van der Waals surface area contributed by atoms with Crippen molar-refractivity contribution in [2.45, 2.75) is 33.2 Å². The zero-order valence-corrected chi connectivity index (χ0v) is 13.1. The molecule has 0 saturated carbocycles. The molecule has 0 aliphatic heterocycles. The number of hydrogen-bond acceptors (Lipinski definition) is 6. The highest BCUT2D eigenvalue weighted by atomic mass is 32.1. The van der Waals surface area contributed by atoms with Crippen LogP contribution >= 0.6 is 11.3 Å². The third-order valence-electron chi connectivity index (χ3n) is 2.96. The molecule has 1 N–H and O–H groups in total. The molecular weight excluding hydrogens is 286 g/mol. The van der Waals surface area contributed by atoms with Crippen LogP contribution in [0, 0.1) is 0 Å². The summed E-state index contributed by atoms with van der Waals surface area (Å²) in [4.78, 5) is 20.2. The molecule has 5 nitrogen and oxygen atoms in total. The Morgan fingerprint density at radius 3 is 3.05 bits per heavy atom. The minimum absolute atomic E-state index is 0.218. The number of carbonyl (C=O) groups excluding carboxylic acids is 1. The number of esters is 1. The van der Waals surface area contributed by atoms with Gasteiger partial charge in [0.1, 0.15) is 0 Å². The molecule has 0 spiro atoms. The molecule has 0 aliphatic carbocycles. The van der Waals surface area contributed by atoms with Crippen LogP contribution in [0.25, 0.3) is 0 Å². The van der Waals surface area contributed by atoms with Crippen molar-refractivity contribution in [3.05, 3.63) is 40.7 Å². The number of ether oxygens (including phenoxy) is 1. The van der Waals surface area contributed by atoms with Crippen LogP contribution in [0.2, 0.25) is 0 Å². The normalized spacial score (nSPS) is 10.4. The summed E-state index contributed by atoms with van der Waals surface area (Å²) in [7, 11) is 0. The van der Waals surface area contributed by atoms with E-state index in [1.165, 1.54) is 16.9 Å². The highest BCUT2D eigenvalue weighted by molar-refractivity contribution is 7.13. The second-order valence-corrected chi connectivity index (χ2v) is 5.30. The summed E-state index contributed by atoms with van der Waals surface area (Å²) in [5.41, 5.74) is 2.99. The summed E-state index contributed by atoms with van der Waals surface area (Å²) >= 11 is 1.48. The van der Waals surface area contributed by atoms with Crippen molar-refractivity contribution in [1.82, 2.24) is 9.97 Å². The molecule has 0 amide bonds. The number of hydrogen-bond donors (Lipinski definition) is 1. The van der Waals surface area contributed by atoms with Gasteiger partial charge >= 0.3 is 5.97 Å². The van der Waals surface area contributed by atoms with Crippen molar-refractivity contribution >= 4 is 22.4 Å². The quantitative estimate of drug-likeness (QED) is 0.797. The van der Waals surface area contributed by atoms with E-state index in [4.69, 9.17) is 4.74 Å². The van der Waals surface area contributed by atoms with E-state index in [0.29, 0.717) is 13.2 Å². The number of pyridine rings is 1. The van der Waals surface area contributed by atoms with E-state index in [2.05, 4.69) is 28.3 Å². The van der Waals surface area contributed by atoms with E-state index < -0.39 is 0 Å². The molecule has 0 saturated heterocycles. The van der Waals surface area contributed by atoms with Gasteiger partial charge in [0.2, 0.25) is 0 Å². The lowest BCUT2D eigenvalue weighted by Crippen LogP contribution is -2.08. The fourth-order valence-electron chi connectivity index (χ4n) is 1.94. The summed E-state index contributed by atoms with van der Waals surface area (Å²) in [5.74, 6) is -0.243. The molecule has 2 rings (SSSR count). The standard InChI is InChI=1S/C15H19N3O2S/c1-3-11-6-5-7-16-13(11)9-17-15-18-12(10-21-15)8-14(19)20-4-2/h5-7,10H,3-4,8-9H2,1-2H3,(H,17,18). The number of rotatable bonds is 7. The van der Waals surface area contributed by atoms with Crippen molar-refractivity contribution in [2.75, 3.05) is 11.9 Å². The minimum atomic E-state index is -0.243. The van der Waals surface area contributed by atoms with E-state index in [9.17, 15) is 4.79 Å². The van der Waals surface area contributed by atoms with Crippen LogP contribution in [0.5, 0.6) is 0 Å². The largest absolute Gasteiger partial charge is 0.466 e. The van der Waals surface area contributed by atoms with Crippen LogP contribution in [0.3, 0.4) is 0 Å². The molecule has 0 aromatic carbocycles. The van der Waals surface area contributed by atoms with Crippen LogP contribution < -0.4 is 5.32 Å². The molecule has 0 aliphatic rings. The average Bonchev–Trinajstić information content (AvgIpc) is 2.93. The van der Waals surface area contributed by atoms with E-state index in [1.807, 2.05) is 11.4 Å². The van der Waals surface area contributed by atoms with Gasteiger partial charge in [-0.25, -0.2) is 4.98 Å². The van der Waals surface area contributed by atoms with Crippen molar-refractivity contribution in [3.8, 4) is 0 Å². The Morgan fingerprint density at radius 1 is 1.43 bits per heavy atom. The maximum atomic E-state index is 11.4. The van der Waals surface area contributed by atoms with E-state index in [-0.39, 0.29) is 12.4 Å². The third kappa shape index (κ3) is 4.53. The Balaban J connectivity index is 1.92. The number of nitrogens with one attached hydrogen (secondary N) is 1. The Morgan fingerprint density at radius 2 is 2.29 bits per heavy atom. The minimum Gasteiger partial charge on any atom is -0.466 e. The smallest absolute Gasteiger partial charge is 0.311 e. The summed E-state index contributed by atoms with van der Waals surface area (Å²) < 4.78 is 4.91. The Bertz CT molecular complexity index is 598. The van der Waals surface area contributed by atoms with Gasteiger partial charge in [-0.1, -0.05) is 13.0 Å². The predicted octanol–water partition coefficient (Wildman–Crippen LogP) is 2.82. The van der Waals surface area contributed by atoms with Crippen LogP contribution in [-0.4, -0.2) is 22.5 Å². The van der Waals surface area contributed by atoms with Crippen molar-refractivity contribution in [2.24, 2.45) is 0 Å². The molecule has 0 fully saturated rings. The lowest BCUT2D eigenvalue weighted by atomic mass is 10.1. The summed E-state index contributed by atoms with van der Waals surface area (Å²) in [6.45, 7) is 4.94. The fourth-order valence-corrected chi connectivity index (χ4v) is 2.65. The van der Waals surface area contributed by atoms with Gasteiger partial charge in [-0.2, -0.15) is 0 Å². The molecule has 0 atom stereocenters. The van der Waals surface area contributed by atoms with Gasteiger partial charge in [0, 0.05) is 11.6 Å². The lowest BCUT2D eigenvalue weighted by Gasteiger charge is -2.06. The van der Waals surface area contributed by atoms with Gasteiger partial charge < -0.3 is 10.1 Å². The molecule has 2 aromatic rings. The van der Waals surface area contributed by atoms with Gasteiger partial charge in [0.15, 0.2) is 5.13 Å². The molecule has 6 heteroatoms. The predicted molar refractivity (Wildman–Crippen MR) is 83.4 cm³/mol. The zero-order chi connectivity index (χ0) is 15.1. The molecule has 112 valence electrons. The first kappa shape index (κ1) is 15.4. The molecule has 0 unspecified atom stereocenters. The highest BCUT2D eigenvalue weighted by Gasteiger charge is 2.09. The topological polar surface area (TPSA) is 64.1 Å². The number of carbonyl (C=O) groups is 1. The lowest BCUT2D eigenvalue weighted by molar-refractivity contribution is -0.142. The van der Waals surface area contributed by atoms with Gasteiger partial charge in [-0.05, 0) is 25.0 Å². The van der Waals surface area contributed by atoms with Crippen LogP contribution in [0.4, 0.5) is 5.13 Å². The number of aryl methyl sites for hydroxylation is 1. The SMILES string of the molecule is CCOC(=O)Cc1csc(NCc2ncccc2CC)n1. The average molecular weight is 305 g/mol. The van der Waals surface area contributed by atoms with Crippen molar-refractivity contribution in [3.63, 3.8) is 0 Å². The van der Waals surface area contributed by atoms with Gasteiger partial charge in [-0.15, -0.1) is 11.3 Å². The van der Waals surface area contributed by atoms with E-state index in [0.717, 1.165) is 22.9 Å². The molecule has 2 heterocycles. The zero-order valence-electron chi connectivity index (χ0n) is 12.3. The van der Waals surface area contributed by atoms with Gasteiger partial charge in [0.05, 0.1) is 31.0 Å². The number of thiazole rings is 1. The third-order valence-corrected chi connectivity index (χ3v) is 3.80. The summed E-state index contributed by atoms with van der Waals surface area (Å²) in [5, 5.41) is 5.92. The first-order valence-corrected chi connectivity index (χ1v) is 7.87. The molecule has 2 aromatic heterocycles. The van der Waals surface area contributed by atoms with Crippen LogP contribution in [-0.2, 0) is 28.9 Å². The van der Waals surface area contributed by atoms with E-state index in [1.54, 1.807) is 13.1 Å².